The Labute approximate surface area is 222 Å². The molecular formula is C33H42O4. The SMILES string of the molecule is CCCCCc1ccc(CCCCCC[C@H](O)c2ccc(OCc3ccccc3)c(C(=O)OC)c2)cc1. The molecule has 4 nitrogen and oxygen atoms in total. The summed E-state index contributed by atoms with van der Waals surface area (Å²) in [4.78, 5) is 12.4. The molecule has 0 spiro atoms. The first kappa shape index (κ1) is 28.5. The minimum Gasteiger partial charge on any atom is -0.488 e. The number of carbonyl (C=O) groups excluding carboxylic acids is 1. The highest BCUT2D eigenvalue weighted by atomic mass is 16.5. The number of rotatable bonds is 16. The molecule has 0 amide bonds. The summed E-state index contributed by atoms with van der Waals surface area (Å²) in [7, 11) is 1.36. The predicted octanol–water partition coefficient (Wildman–Crippen LogP) is 8.01. The first-order valence-electron chi connectivity index (χ1n) is 13.8. The van der Waals surface area contributed by atoms with Crippen LogP contribution in [0.1, 0.15) is 97.0 Å². The Morgan fingerprint density at radius 2 is 1.43 bits per heavy atom. The number of aryl methyl sites for hydroxylation is 2. The lowest BCUT2D eigenvalue weighted by molar-refractivity contribution is 0.0595. The third-order valence-corrected chi connectivity index (χ3v) is 6.82. The van der Waals surface area contributed by atoms with Crippen LogP contribution in [0, 0.1) is 0 Å². The van der Waals surface area contributed by atoms with Gasteiger partial charge in [-0.25, -0.2) is 4.79 Å². The van der Waals surface area contributed by atoms with Crippen LogP contribution >= 0.6 is 0 Å². The van der Waals surface area contributed by atoms with Crippen molar-refractivity contribution in [2.45, 2.75) is 83.8 Å². The Bertz CT molecular complexity index is 1060. The highest BCUT2D eigenvalue weighted by Crippen LogP contribution is 2.28. The topological polar surface area (TPSA) is 55.8 Å². The molecular weight excluding hydrogens is 460 g/mol. The fourth-order valence-corrected chi connectivity index (χ4v) is 4.52. The summed E-state index contributed by atoms with van der Waals surface area (Å²) in [6.45, 7) is 2.60. The Kier molecular flexibility index (Phi) is 12.2. The third kappa shape index (κ3) is 9.70. The van der Waals surface area contributed by atoms with E-state index in [0.717, 1.165) is 37.7 Å². The molecule has 0 heterocycles. The van der Waals surface area contributed by atoms with Gasteiger partial charge in [0, 0.05) is 0 Å². The van der Waals surface area contributed by atoms with Crippen LogP contribution in [-0.4, -0.2) is 18.2 Å². The molecule has 1 N–H and O–H groups in total. The molecule has 3 aromatic carbocycles. The van der Waals surface area contributed by atoms with E-state index in [1.165, 1.54) is 43.9 Å². The number of hydrogen-bond donors (Lipinski definition) is 1. The van der Waals surface area contributed by atoms with Gasteiger partial charge in [-0.15, -0.1) is 0 Å². The number of aliphatic hydroxyl groups excluding tert-OH is 1. The lowest BCUT2D eigenvalue weighted by Crippen LogP contribution is -2.08. The molecule has 0 unspecified atom stereocenters. The summed E-state index contributed by atoms with van der Waals surface area (Å²) in [5.74, 6) is -0.00764. The molecule has 0 bridgehead atoms. The molecule has 0 saturated carbocycles. The van der Waals surface area contributed by atoms with E-state index in [9.17, 15) is 9.90 Å². The zero-order chi connectivity index (χ0) is 26.3. The number of carbonyl (C=O) groups is 1. The van der Waals surface area contributed by atoms with Crippen molar-refractivity contribution in [3.05, 3.63) is 101 Å². The monoisotopic (exact) mass is 502 g/mol. The van der Waals surface area contributed by atoms with Crippen LogP contribution in [0.15, 0.2) is 72.8 Å². The molecule has 0 saturated heterocycles. The van der Waals surface area contributed by atoms with Crippen molar-refractivity contribution in [3.63, 3.8) is 0 Å². The van der Waals surface area contributed by atoms with E-state index in [0.29, 0.717) is 29.9 Å². The van der Waals surface area contributed by atoms with Crippen LogP contribution in [-0.2, 0) is 24.2 Å². The zero-order valence-corrected chi connectivity index (χ0v) is 22.5. The Morgan fingerprint density at radius 1 is 0.784 bits per heavy atom. The number of esters is 1. The van der Waals surface area contributed by atoms with Gasteiger partial charge in [-0.05, 0) is 66.5 Å². The largest absolute Gasteiger partial charge is 0.488 e. The molecule has 1 atom stereocenters. The van der Waals surface area contributed by atoms with E-state index in [1.54, 1.807) is 12.1 Å². The maximum atomic E-state index is 12.4. The predicted molar refractivity (Wildman–Crippen MR) is 150 cm³/mol. The smallest absolute Gasteiger partial charge is 0.341 e. The van der Waals surface area contributed by atoms with E-state index in [1.807, 2.05) is 36.4 Å². The lowest BCUT2D eigenvalue weighted by atomic mass is 9.99. The van der Waals surface area contributed by atoms with Crippen molar-refractivity contribution in [3.8, 4) is 5.75 Å². The Hall–Kier alpha value is -3.11. The molecule has 0 radical (unpaired) electrons. The van der Waals surface area contributed by atoms with E-state index < -0.39 is 12.1 Å². The molecule has 198 valence electrons. The van der Waals surface area contributed by atoms with Crippen molar-refractivity contribution in [1.82, 2.24) is 0 Å². The molecule has 0 aromatic heterocycles. The van der Waals surface area contributed by atoms with Crippen LogP contribution in [0.25, 0.3) is 0 Å². The fourth-order valence-electron chi connectivity index (χ4n) is 4.52. The van der Waals surface area contributed by atoms with Crippen molar-refractivity contribution in [1.29, 1.82) is 0 Å². The number of ether oxygens (including phenoxy) is 2. The summed E-state index contributed by atoms with van der Waals surface area (Å²) in [6, 6.07) is 24.2. The second-order valence-corrected chi connectivity index (χ2v) is 9.76. The summed E-state index contributed by atoms with van der Waals surface area (Å²) in [5.41, 5.74) is 4.92. The number of aliphatic hydroxyl groups is 1. The number of benzene rings is 3. The standard InChI is InChI=1S/C33H42O4/c1-3-4-8-13-26-18-20-27(21-19-26)14-9-5-6-12-17-31(34)29-22-23-32(30(24-29)33(35)36-2)37-25-28-15-10-7-11-16-28/h7,10-11,15-16,18-24,31,34H,3-6,8-9,12-14,17,25H2,1-2H3/t31-/m0/s1. The summed E-state index contributed by atoms with van der Waals surface area (Å²) in [6.07, 6.45) is 10.5. The first-order valence-corrected chi connectivity index (χ1v) is 13.8. The molecule has 37 heavy (non-hydrogen) atoms. The van der Waals surface area contributed by atoms with Crippen molar-refractivity contribution < 1.29 is 19.4 Å². The van der Waals surface area contributed by atoms with E-state index in [-0.39, 0.29) is 0 Å². The minimum atomic E-state index is -0.619. The van der Waals surface area contributed by atoms with Gasteiger partial charge in [0.25, 0.3) is 0 Å². The van der Waals surface area contributed by atoms with Crippen LogP contribution in [0.2, 0.25) is 0 Å². The summed E-state index contributed by atoms with van der Waals surface area (Å²) < 4.78 is 10.8. The Morgan fingerprint density at radius 3 is 2.08 bits per heavy atom. The fraction of sp³-hybridized carbons (Fsp3) is 0.424. The highest BCUT2D eigenvalue weighted by molar-refractivity contribution is 5.92. The van der Waals surface area contributed by atoms with Crippen molar-refractivity contribution in [2.75, 3.05) is 7.11 Å². The first-order chi connectivity index (χ1) is 18.1. The van der Waals surface area contributed by atoms with Crippen molar-refractivity contribution >= 4 is 5.97 Å². The molecule has 0 fully saturated rings. The van der Waals surface area contributed by atoms with E-state index in [2.05, 4.69) is 31.2 Å². The second-order valence-electron chi connectivity index (χ2n) is 9.76. The molecule has 0 aliphatic rings. The minimum absolute atomic E-state index is 0.339. The number of unbranched alkanes of at least 4 members (excludes halogenated alkanes) is 5. The van der Waals surface area contributed by atoms with Gasteiger partial charge in [0.05, 0.1) is 13.2 Å². The van der Waals surface area contributed by atoms with Crippen LogP contribution in [0.5, 0.6) is 5.75 Å². The van der Waals surface area contributed by atoms with Gasteiger partial charge in [0.1, 0.15) is 17.9 Å². The maximum absolute atomic E-state index is 12.4. The van der Waals surface area contributed by atoms with E-state index >= 15 is 0 Å². The van der Waals surface area contributed by atoms with E-state index in [4.69, 9.17) is 9.47 Å². The van der Waals surface area contributed by atoms with Gasteiger partial charge >= 0.3 is 5.97 Å². The van der Waals surface area contributed by atoms with Crippen LogP contribution < -0.4 is 4.74 Å². The van der Waals surface area contributed by atoms with Gasteiger partial charge in [-0.1, -0.05) is 99.7 Å². The lowest BCUT2D eigenvalue weighted by Gasteiger charge is -2.15. The number of hydrogen-bond acceptors (Lipinski definition) is 4. The summed E-state index contributed by atoms with van der Waals surface area (Å²) in [5, 5.41) is 10.7. The van der Waals surface area contributed by atoms with Crippen LogP contribution in [0.4, 0.5) is 0 Å². The number of methoxy groups -OCH3 is 1. The highest BCUT2D eigenvalue weighted by Gasteiger charge is 2.17. The molecule has 3 rings (SSSR count). The van der Waals surface area contributed by atoms with Gasteiger partial charge < -0.3 is 14.6 Å². The molecule has 0 aliphatic carbocycles. The normalized spacial score (nSPS) is 11.8. The van der Waals surface area contributed by atoms with Crippen molar-refractivity contribution in [2.24, 2.45) is 0 Å². The molecule has 3 aromatic rings. The quantitative estimate of drug-likeness (QED) is 0.159. The van der Waals surface area contributed by atoms with Gasteiger partial charge in [-0.3, -0.25) is 0 Å². The Balaban J connectivity index is 1.41. The van der Waals surface area contributed by atoms with Crippen LogP contribution in [0.3, 0.4) is 0 Å². The van der Waals surface area contributed by atoms with Gasteiger partial charge in [0.2, 0.25) is 0 Å². The second kappa shape index (κ2) is 15.9. The average molecular weight is 503 g/mol. The average Bonchev–Trinajstić information content (AvgIpc) is 2.94. The van der Waals surface area contributed by atoms with Gasteiger partial charge in [0.15, 0.2) is 0 Å². The molecule has 4 heteroatoms. The summed E-state index contributed by atoms with van der Waals surface area (Å²) >= 11 is 0. The zero-order valence-electron chi connectivity index (χ0n) is 22.5. The maximum Gasteiger partial charge on any atom is 0.341 e. The third-order valence-electron chi connectivity index (χ3n) is 6.82. The molecule has 0 aliphatic heterocycles. The van der Waals surface area contributed by atoms with Gasteiger partial charge in [-0.2, -0.15) is 0 Å².